The van der Waals surface area contributed by atoms with Gasteiger partial charge in [-0.25, -0.2) is 14.2 Å². The molecule has 2 heterocycles. The molecule has 1 aliphatic heterocycles. The van der Waals surface area contributed by atoms with Crippen LogP contribution < -0.4 is 5.32 Å². The van der Waals surface area contributed by atoms with Crippen LogP contribution in [0.15, 0.2) is 64.9 Å². The maximum absolute atomic E-state index is 13.8. The lowest BCUT2D eigenvalue weighted by Crippen LogP contribution is -2.41. The third kappa shape index (κ3) is 3.03. The van der Waals surface area contributed by atoms with Crippen molar-refractivity contribution in [2.24, 2.45) is 4.99 Å². The molecule has 2 aromatic rings. The number of allylic oxidation sites excluding steroid dienone is 1. The number of nitrogens with zero attached hydrogens (tertiary/aromatic N) is 2. The summed E-state index contributed by atoms with van der Waals surface area (Å²) in [5.41, 5.74) is 1.02. The molecule has 6 heteroatoms. The number of methoxy groups -OCH3 is 1. The number of esters is 1. The first-order valence-electron chi connectivity index (χ1n) is 7.79. The van der Waals surface area contributed by atoms with Gasteiger partial charge < -0.3 is 10.1 Å². The van der Waals surface area contributed by atoms with Gasteiger partial charge in [-0.15, -0.1) is 0 Å². The molecule has 1 aliphatic rings. The van der Waals surface area contributed by atoms with Crippen molar-refractivity contribution in [2.45, 2.75) is 19.4 Å². The van der Waals surface area contributed by atoms with Crippen molar-refractivity contribution >= 4 is 11.8 Å². The molecular formula is C19H18FN3O2. The van der Waals surface area contributed by atoms with E-state index in [1.165, 1.54) is 19.2 Å². The topological polar surface area (TPSA) is 63.6 Å². The number of halogens is 1. The number of aromatic nitrogens is 1. The van der Waals surface area contributed by atoms with E-state index in [0.717, 1.165) is 0 Å². The van der Waals surface area contributed by atoms with E-state index in [0.29, 0.717) is 28.4 Å². The Balaban J connectivity index is 2.21. The summed E-state index contributed by atoms with van der Waals surface area (Å²) in [6, 6.07) is 11.5. The quantitative estimate of drug-likeness (QED) is 0.874. The maximum atomic E-state index is 13.8. The van der Waals surface area contributed by atoms with Crippen molar-refractivity contribution in [1.82, 2.24) is 10.3 Å². The predicted octanol–water partition coefficient (Wildman–Crippen LogP) is 2.93. The minimum absolute atomic E-state index is 0.334. The van der Waals surface area contributed by atoms with Crippen molar-refractivity contribution in [3.05, 3.63) is 77.0 Å². The van der Waals surface area contributed by atoms with Crippen LogP contribution in [-0.4, -0.2) is 23.9 Å². The molecule has 1 unspecified atom stereocenters. The fraction of sp³-hybridized carbons (Fsp3) is 0.211. The number of hydrogen-bond donors (Lipinski definition) is 1. The van der Waals surface area contributed by atoms with Gasteiger partial charge in [-0.05, 0) is 43.7 Å². The van der Waals surface area contributed by atoms with Crippen LogP contribution in [0.25, 0.3) is 0 Å². The van der Waals surface area contributed by atoms with Crippen LogP contribution >= 0.6 is 0 Å². The SMILES string of the molecule is COC(=O)C1=C(C)NC(c2ccccn2)=NC1(C)c1cccc(F)c1. The van der Waals surface area contributed by atoms with E-state index in [1.807, 2.05) is 12.1 Å². The van der Waals surface area contributed by atoms with E-state index in [-0.39, 0.29) is 0 Å². The van der Waals surface area contributed by atoms with Crippen LogP contribution in [0, 0.1) is 5.82 Å². The van der Waals surface area contributed by atoms with Crippen LogP contribution in [0.1, 0.15) is 25.1 Å². The van der Waals surface area contributed by atoms with E-state index in [1.54, 1.807) is 38.2 Å². The van der Waals surface area contributed by atoms with Gasteiger partial charge in [0, 0.05) is 11.9 Å². The highest BCUT2D eigenvalue weighted by Crippen LogP contribution is 2.38. The Bertz CT molecular complexity index is 877. The number of hydrogen-bond acceptors (Lipinski definition) is 5. The molecule has 0 saturated heterocycles. The number of nitrogens with one attached hydrogen (secondary N) is 1. The lowest BCUT2D eigenvalue weighted by molar-refractivity contribution is -0.137. The molecule has 128 valence electrons. The predicted molar refractivity (Wildman–Crippen MR) is 92.4 cm³/mol. The summed E-state index contributed by atoms with van der Waals surface area (Å²) in [5, 5.41) is 3.11. The van der Waals surface area contributed by atoms with Crippen molar-refractivity contribution < 1.29 is 13.9 Å². The van der Waals surface area contributed by atoms with E-state index in [2.05, 4.69) is 10.3 Å². The van der Waals surface area contributed by atoms with Crippen LogP contribution in [0.5, 0.6) is 0 Å². The Morgan fingerprint density at radius 3 is 2.68 bits per heavy atom. The second-order valence-electron chi connectivity index (χ2n) is 5.87. The maximum Gasteiger partial charge on any atom is 0.338 e. The number of benzene rings is 1. The summed E-state index contributed by atoms with van der Waals surface area (Å²) in [6.07, 6.45) is 1.66. The molecule has 0 aliphatic carbocycles. The zero-order valence-electron chi connectivity index (χ0n) is 14.2. The lowest BCUT2D eigenvalue weighted by atomic mass is 9.82. The number of ether oxygens (including phenoxy) is 1. The average Bonchev–Trinajstić information content (AvgIpc) is 2.61. The second kappa shape index (κ2) is 6.47. The second-order valence-corrected chi connectivity index (χ2v) is 5.87. The molecular weight excluding hydrogens is 321 g/mol. The summed E-state index contributed by atoms with van der Waals surface area (Å²) in [4.78, 5) is 21.4. The minimum Gasteiger partial charge on any atom is -0.466 e. The molecule has 3 rings (SSSR count). The van der Waals surface area contributed by atoms with E-state index < -0.39 is 17.3 Å². The van der Waals surface area contributed by atoms with E-state index in [9.17, 15) is 9.18 Å². The highest BCUT2D eigenvalue weighted by Gasteiger charge is 2.41. The standard InChI is InChI=1S/C19H18FN3O2/c1-12-16(18(24)25-3)19(2,13-7-6-8-14(20)11-13)23-17(22-12)15-9-4-5-10-21-15/h4-11H,1-3H3,(H,22,23). The highest BCUT2D eigenvalue weighted by atomic mass is 19.1. The Labute approximate surface area is 145 Å². The summed E-state index contributed by atoms with van der Waals surface area (Å²) < 4.78 is 18.7. The molecule has 0 saturated carbocycles. The molecule has 0 radical (unpaired) electrons. The van der Waals surface area contributed by atoms with E-state index in [4.69, 9.17) is 9.73 Å². The number of carbonyl (C=O) groups is 1. The molecule has 5 nitrogen and oxygen atoms in total. The molecule has 0 bridgehead atoms. The van der Waals surface area contributed by atoms with Gasteiger partial charge in [-0.3, -0.25) is 4.98 Å². The van der Waals surface area contributed by atoms with Crippen molar-refractivity contribution in [3.8, 4) is 0 Å². The average molecular weight is 339 g/mol. The van der Waals surface area contributed by atoms with Gasteiger partial charge >= 0.3 is 5.97 Å². The van der Waals surface area contributed by atoms with Crippen molar-refractivity contribution in [1.29, 1.82) is 0 Å². The van der Waals surface area contributed by atoms with Gasteiger partial charge in [0.05, 0.1) is 12.7 Å². The van der Waals surface area contributed by atoms with Crippen molar-refractivity contribution in [2.75, 3.05) is 7.11 Å². The summed E-state index contributed by atoms with van der Waals surface area (Å²) >= 11 is 0. The first-order valence-corrected chi connectivity index (χ1v) is 7.79. The molecule has 1 aromatic carbocycles. The summed E-state index contributed by atoms with van der Waals surface area (Å²) in [7, 11) is 1.31. The summed E-state index contributed by atoms with van der Waals surface area (Å²) in [5.74, 6) is -0.396. The van der Waals surface area contributed by atoms with Crippen LogP contribution in [-0.2, 0) is 15.1 Å². The third-order valence-corrected chi connectivity index (χ3v) is 4.19. The van der Waals surface area contributed by atoms with Crippen LogP contribution in [0.4, 0.5) is 4.39 Å². The van der Waals surface area contributed by atoms with Gasteiger partial charge in [0.1, 0.15) is 17.1 Å². The minimum atomic E-state index is -1.10. The number of aliphatic imine (C=N–C) groups is 1. The molecule has 1 atom stereocenters. The Kier molecular flexibility index (Phi) is 4.35. The van der Waals surface area contributed by atoms with Gasteiger partial charge in [0.25, 0.3) is 0 Å². The zero-order valence-corrected chi connectivity index (χ0v) is 14.2. The molecule has 1 aromatic heterocycles. The summed E-state index contributed by atoms with van der Waals surface area (Å²) in [6.45, 7) is 3.53. The monoisotopic (exact) mass is 339 g/mol. The fourth-order valence-electron chi connectivity index (χ4n) is 2.99. The Morgan fingerprint density at radius 2 is 2.04 bits per heavy atom. The smallest absolute Gasteiger partial charge is 0.338 e. The van der Waals surface area contributed by atoms with Gasteiger partial charge in [-0.1, -0.05) is 18.2 Å². The zero-order chi connectivity index (χ0) is 18.0. The normalized spacial score (nSPS) is 19.9. The van der Waals surface area contributed by atoms with E-state index >= 15 is 0 Å². The number of rotatable bonds is 3. The lowest BCUT2D eigenvalue weighted by Gasteiger charge is -2.34. The van der Waals surface area contributed by atoms with Crippen LogP contribution in [0.3, 0.4) is 0 Å². The molecule has 0 spiro atoms. The van der Waals surface area contributed by atoms with Crippen LogP contribution in [0.2, 0.25) is 0 Å². The first kappa shape index (κ1) is 16.8. The van der Waals surface area contributed by atoms with Gasteiger partial charge in [0.2, 0.25) is 0 Å². The first-order chi connectivity index (χ1) is 12.0. The van der Waals surface area contributed by atoms with Crippen molar-refractivity contribution in [3.63, 3.8) is 0 Å². The number of pyridine rings is 1. The molecule has 1 N–H and O–H groups in total. The molecule has 0 fully saturated rings. The largest absolute Gasteiger partial charge is 0.466 e. The fourth-order valence-corrected chi connectivity index (χ4v) is 2.99. The van der Waals surface area contributed by atoms with Gasteiger partial charge in [-0.2, -0.15) is 0 Å². The molecule has 0 amide bonds. The molecule has 25 heavy (non-hydrogen) atoms. The third-order valence-electron chi connectivity index (χ3n) is 4.19. The van der Waals surface area contributed by atoms with Gasteiger partial charge in [0.15, 0.2) is 5.84 Å². The highest BCUT2D eigenvalue weighted by molar-refractivity contribution is 6.03. The Hall–Kier alpha value is -3.02. The Morgan fingerprint density at radius 1 is 1.24 bits per heavy atom. The number of amidine groups is 1. The number of carbonyl (C=O) groups excluding carboxylic acids is 1.